The molecule has 0 radical (unpaired) electrons. The van der Waals surface area contributed by atoms with Crippen LogP contribution in [0.1, 0.15) is 65.2 Å². The van der Waals surface area contributed by atoms with E-state index in [2.05, 4.69) is 20.9 Å². The number of quaternary nitrogens is 1. The summed E-state index contributed by atoms with van der Waals surface area (Å²) in [5, 5.41) is 0. The van der Waals surface area contributed by atoms with Gasteiger partial charge in [-0.15, -0.1) is 0 Å². The normalized spacial score (nSPS) is 37.2. The highest BCUT2D eigenvalue weighted by Crippen LogP contribution is 2.40. The molecule has 1 heterocycles. The maximum Gasteiger partial charge on any atom is 0.128 e. The van der Waals surface area contributed by atoms with E-state index in [4.69, 9.17) is 0 Å². The lowest BCUT2D eigenvalue weighted by Gasteiger charge is -2.34. The average molecular weight is 238 g/mol. The van der Waals surface area contributed by atoms with Crippen molar-refractivity contribution in [3.8, 4) is 0 Å². The Morgan fingerprint density at radius 2 is 1.94 bits per heavy atom. The summed E-state index contributed by atoms with van der Waals surface area (Å²) in [6.45, 7) is 9.35. The van der Waals surface area contributed by atoms with Crippen LogP contribution in [0.15, 0.2) is 0 Å². The molecule has 2 aliphatic rings. The third-order valence-corrected chi connectivity index (χ3v) is 5.28. The van der Waals surface area contributed by atoms with Crippen LogP contribution in [0.4, 0.5) is 0 Å². The Labute approximate surface area is 108 Å². The van der Waals surface area contributed by atoms with Gasteiger partial charge in [0, 0.05) is 0 Å². The molecule has 0 spiro atoms. The van der Waals surface area contributed by atoms with Crippen LogP contribution in [-0.4, -0.2) is 31.2 Å². The Balaban J connectivity index is 1.77. The van der Waals surface area contributed by atoms with Crippen LogP contribution in [0, 0.1) is 11.3 Å². The van der Waals surface area contributed by atoms with Gasteiger partial charge in [-0.05, 0) is 37.0 Å². The van der Waals surface area contributed by atoms with Gasteiger partial charge in [-0.1, -0.05) is 39.5 Å². The first kappa shape index (κ1) is 13.4. The van der Waals surface area contributed by atoms with Gasteiger partial charge in [-0.25, -0.2) is 0 Å². The van der Waals surface area contributed by atoms with Crippen molar-refractivity contribution < 1.29 is 4.48 Å². The minimum absolute atomic E-state index is 0.662. The van der Waals surface area contributed by atoms with Crippen molar-refractivity contribution in [1.29, 1.82) is 0 Å². The Kier molecular flexibility index (Phi) is 4.18. The molecule has 0 aromatic rings. The van der Waals surface area contributed by atoms with Gasteiger partial charge in [-0.3, -0.25) is 0 Å². The van der Waals surface area contributed by atoms with E-state index < -0.39 is 0 Å². The number of likely N-dealkylation sites (N-methyl/N-ethyl adjacent to an activating group) is 1. The van der Waals surface area contributed by atoms with E-state index in [0.29, 0.717) is 5.41 Å². The second-order valence-electron chi connectivity index (χ2n) is 7.61. The largest absolute Gasteiger partial charge is 0.317 e. The lowest BCUT2D eigenvalue weighted by atomic mass is 9.71. The summed E-state index contributed by atoms with van der Waals surface area (Å²) < 4.78 is 1.37. The number of rotatable bonds is 4. The van der Waals surface area contributed by atoms with Crippen molar-refractivity contribution in [2.24, 2.45) is 11.3 Å². The van der Waals surface area contributed by atoms with Gasteiger partial charge in [0.2, 0.25) is 0 Å². The topological polar surface area (TPSA) is 0 Å². The monoisotopic (exact) mass is 238 g/mol. The Morgan fingerprint density at radius 1 is 1.18 bits per heavy atom. The summed E-state index contributed by atoms with van der Waals surface area (Å²) in [7, 11) is 2.42. The first-order valence-corrected chi connectivity index (χ1v) is 7.85. The van der Waals surface area contributed by atoms with Gasteiger partial charge >= 0.3 is 0 Å². The lowest BCUT2D eigenvalue weighted by Crippen LogP contribution is -2.26. The third-order valence-electron chi connectivity index (χ3n) is 5.28. The molecule has 2 fully saturated rings. The molecule has 0 bridgehead atoms. The standard InChI is InChI=1S/C16H32N/c1-15-8-5-4-6-9-16(2,14-15)10-7-11-17(3)12-13-17/h15H,4-14H2,1-3H3/q+1/t15-,16?/m0/s1. The second kappa shape index (κ2) is 5.30. The van der Waals surface area contributed by atoms with Crippen molar-refractivity contribution in [2.45, 2.75) is 65.2 Å². The maximum absolute atomic E-state index is 2.57. The molecular formula is C16H32N+. The predicted molar refractivity (Wildman–Crippen MR) is 75.0 cm³/mol. The highest BCUT2D eigenvalue weighted by Gasteiger charge is 2.37. The van der Waals surface area contributed by atoms with Crippen molar-refractivity contribution >= 4 is 0 Å². The quantitative estimate of drug-likeness (QED) is 0.508. The zero-order valence-corrected chi connectivity index (χ0v) is 12.3. The molecule has 1 aliphatic heterocycles. The molecular weight excluding hydrogens is 206 g/mol. The summed E-state index contributed by atoms with van der Waals surface area (Å²) in [5.74, 6) is 0.964. The minimum atomic E-state index is 0.662. The maximum atomic E-state index is 2.57. The zero-order chi connectivity index (χ0) is 12.4. The molecule has 0 aromatic heterocycles. The minimum Gasteiger partial charge on any atom is -0.317 e. The third kappa shape index (κ3) is 4.28. The number of hydrogen-bond acceptors (Lipinski definition) is 0. The SMILES string of the molecule is C[C@H]1CCCCCC(C)(CCC[N+]2(C)CC2)C1. The van der Waals surface area contributed by atoms with Crippen LogP contribution >= 0.6 is 0 Å². The first-order valence-electron chi connectivity index (χ1n) is 7.85. The molecule has 17 heavy (non-hydrogen) atoms. The number of hydrogen-bond donors (Lipinski definition) is 0. The van der Waals surface area contributed by atoms with Gasteiger partial charge in [0.25, 0.3) is 0 Å². The van der Waals surface area contributed by atoms with Gasteiger partial charge in [-0.2, -0.15) is 0 Å². The van der Waals surface area contributed by atoms with Crippen molar-refractivity contribution in [2.75, 3.05) is 26.7 Å². The van der Waals surface area contributed by atoms with Crippen molar-refractivity contribution in [3.05, 3.63) is 0 Å². The summed E-state index contributed by atoms with van der Waals surface area (Å²) in [6.07, 6.45) is 11.8. The Hall–Kier alpha value is -0.0400. The second-order valence-corrected chi connectivity index (χ2v) is 7.61. The van der Waals surface area contributed by atoms with Gasteiger partial charge in [0.1, 0.15) is 13.1 Å². The van der Waals surface area contributed by atoms with E-state index in [1.54, 1.807) is 0 Å². The van der Waals surface area contributed by atoms with Crippen LogP contribution in [0.2, 0.25) is 0 Å². The Morgan fingerprint density at radius 3 is 2.65 bits per heavy atom. The van der Waals surface area contributed by atoms with Crippen LogP contribution < -0.4 is 0 Å². The fraction of sp³-hybridized carbons (Fsp3) is 1.00. The lowest BCUT2D eigenvalue weighted by molar-refractivity contribution is -0.777. The molecule has 2 atom stereocenters. The fourth-order valence-corrected chi connectivity index (χ4v) is 3.78. The molecule has 1 heteroatoms. The molecule has 0 N–H and O–H groups in total. The van der Waals surface area contributed by atoms with E-state index in [0.717, 1.165) is 5.92 Å². The van der Waals surface area contributed by atoms with Crippen molar-refractivity contribution in [1.82, 2.24) is 0 Å². The van der Waals surface area contributed by atoms with Gasteiger partial charge in [0.15, 0.2) is 0 Å². The molecule has 0 aromatic carbocycles. The van der Waals surface area contributed by atoms with Crippen LogP contribution in [-0.2, 0) is 0 Å². The summed E-state index contributed by atoms with van der Waals surface area (Å²) in [6, 6.07) is 0. The molecule has 100 valence electrons. The van der Waals surface area contributed by atoms with Gasteiger partial charge < -0.3 is 4.48 Å². The number of nitrogens with zero attached hydrogens (tertiary/aromatic N) is 1. The highest BCUT2D eigenvalue weighted by atomic mass is 15.4. The summed E-state index contributed by atoms with van der Waals surface area (Å²) in [4.78, 5) is 0. The Bertz CT molecular complexity index is 244. The summed E-state index contributed by atoms with van der Waals surface area (Å²) in [5.41, 5.74) is 0.662. The predicted octanol–water partition coefficient (Wildman–Crippen LogP) is 4.22. The van der Waals surface area contributed by atoms with E-state index in [9.17, 15) is 0 Å². The molecule has 1 aliphatic carbocycles. The molecule has 1 saturated carbocycles. The van der Waals surface area contributed by atoms with E-state index in [-0.39, 0.29) is 0 Å². The van der Waals surface area contributed by atoms with E-state index in [1.807, 2.05) is 0 Å². The molecule has 2 rings (SSSR count). The first-order chi connectivity index (χ1) is 8.02. The van der Waals surface area contributed by atoms with E-state index >= 15 is 0 Å². The van der Waals surface area contributed by atoms with Crippen LogP contribution in [0.5, 0.6) is 0 Å². The fourth-order valence-electron chi connectivity index (χ4n) is 3.78. The molecule has 1 unspecified atom stereocenters. The van der Waals surface area contributed by atoms with Crippen LogP contribution in [0.3, 0.4) is 0 Å². The average Bonchev–Trinajstić information content (AvgIpc) is 2.93. The zero-order valence-electron chi connectivity index (χ0n) is 12.3. The molecule has 0 amide bonds. The molecule has 1 saturated heterocycles. The summed E-state index contributed by atoms with van der Waals surface area (Å²) >= 11 is 0. The van der Waals surface area contributed by atoms with Gasteiger partial charge in [0.05, 0.1) is 13.6 Å². The highest BCUT2D eigenvalue weighted by molar-refractivity contribution is 4.79. The van der Waals surface area contributed by atoms with Crippen LogP contribution in [0.25, 0.3) is 0 Å². The van der Waals surface area contributed by atoms with Crippen molar-refractivity contribution in [3.63, 3.8) is 0 Å². The van der Waals surface area contributed by atoms with E-state index in [1.165, 1.54) is 75.5 Å². The smallest absolute Gasteiger partial charge is 0.128 e. The molecule has 1 nitrogen and oxygen atoms in total.